The van der Waals surface area contributed by atoms with Crippen molar-refractivity contribution in [3.8, 4) is 17.4 Å². The van der Waals surface area contributed by atoms with Gasteiger partial charge in [0, 0.05) is 0 Å². The molecule has 0 aliphatic rings. The summed E-state index contributed by atoms with van der Waals surface area (Å²) >= 11 is -1.16. The Kier molecular flexibility index (Phi) is 5.00. The summed E-state index contributed by atoms with van der Waals surface area (Å²) in [4.78, 5) is 27.2. The predicted octanol–water partition coefficient (Wildman–Crippen LogP) is 3.08. The van der Waals surface area contributed by atoms with Gasteiger partial charge < -0.3 is 0 Å². The molecule has 0 atom stereocenters. The van der Waals surface area contributed by atoms with Gasteiger partial charge in [0.05, 0.1) is 0 Å². The molecule has 3 rings (SSSR count). The molecule has 2 N–H and O–H groups in total. The Morgan fingerprint density at radius 2 is 1.64 bits per heavy atom. The molecule has 125 valence electrons. The topological polar surface area (TPSA) is 96.7 Å². The van der Waals surface area contributed by atoms with Gasteiger partial charge in [-0.05, 0) is 0 Å². The van der Waals surface area contributed by atoms with Crippen LogP contribution in [0.1, 0.15) is 10.5 Å². The monoisotopic (exact) mass is 398 g/mol. The molecule has 3 aromatic rings. The number of carbonyl (C=O) groups excluding carboxylic acids is 1. The zero-order chi connectivity index (χ0) is 17.8. The summed E-state index contributed by atoms with van der Waals surface area (Å²) in [5, 5.41) is 19.9. The van der Waals surface area contributed by atoms with E-state index in [0.717, 1.165) is 0 Å². The number of pyridine rings is 1. The van der Waals surface area contributed by atoms with Gasteiger partial charge in [-0.15, -0.1) is 0 Å². The number of fused-ring (bicyclic) bond motifs is 1. The van der Waals surface area contributed by atoms with Crippen molar-refractivity contribution >= 4 is 37.1 Å². The fraction of sp³-hybridized carbons (Fsp3) is 0.0556. The second-order valence-corrected chi connectivity index (χ2v) is 7.27. The Balaban J connectivity index is 2.07. The SMILES string of the molecule is O=C(O)C[As]C(=O)c1nc(Oc2ccccc2)c2ccccc2c1O. The van der Waals surface area contributed by atoms with Gasteiger partial charge in [-0.25, -0.2) is 0 Å². The van der Waals surface area contributed by atoms with Crippen LogP contribution in [0.25, 0.3) is 10.8 Å². The van der Waals surface area contributed by atoms with E-state index in [4.69, 9.17) is 9.84 Å². The number of carboxylic acid groups (broad SMARTS) is 1. The number of hydrogen-bond donors (Lipinski definition) is 2. The molecule has 1 aromatic heterocycles. The van der Waals surface area contributed by atoms with E-state index in [9.17, 15) is 14.7 Å². The molecule has 6 nitrogen and oxygen atoms in total. The molecule has 2 aromatic carbocycles. The molecule has 0 aliphatic heterocycles. The molecule has 0 bridgehead atoms. The first kappa shape index (κ1) is 17.0. The predicted molar refractivity (Wildman–Crippen MR) is 92.5 cm³/mol. The summed E-state index contributed by atoms with van der Waals surface area (Å²) in [7, 11) is 0. The number of aliphatic carboxylic acids is 1. The Morgan fingerprint density at radius 1 is 1.00 bits per heavy atom. The third-order valence-corrected chi connectivity index (χ3v) is 5.31. The molecule has 0 fully saturated rings. The van der Waals surface area contributed by atoms with E-state index in [0.29, 0.717) is 16.5 Å². The second-order valence-electron chi connectivity index (χ2n) is 5.09. The first-order valence-electron chi connectivity index (χ1n) is 7.34. The third kappa shape index (κ3) is 3.80. The van der Waals surface area contributed by atoms with Crippen LogP contribution in [-0.2, 0) is 4.79 Å². The summed E-state index contributed by atoms with van der Waals surface area (Å²) in [6.45, 7) is 0. The number of para-hydroxylation sites is 1. The zero-order valence-corrected chi connectivity index (χ0v) is 14.8. The molecule has 0 saturated carbocycles. The number of rotatable bonds is 6. The first-order valence-corrected chi connectivity index (χ1v) is 9.61. The Bertz CT molecular complexity index is 943. The van der Waals surface area contributed by atoms with Crippen LogP contribution in [0, 0.1) is 0 Å². The van der Waals surface area contributed by atoms with Crippen molar-refractivity contribution in [3.05, 3.63) is 60.3 Å². The minimum absolute atomic E-state index is 0.147. The van der Waals surface area contributed by atoms with Crippen molar-refractivity contribution in [2.24, 2.45) is 0 Å². The normalized spacial score (nSPS) is 11.0. The fourth-order valence-electron chi connectivity index (χ4n) is 2.26. The summed E-state index contributed by atoms with van der Waals surface area (Å²) in [6, 6.07) is 15.9. The molecule has 1 radical (unpaired) electrons. The third-order valence-electron chi connectivity index (χ3n) is 3.37. The Labute approximate surface area is 149 Å². The molecule has 1 heterocycles. The quantitative estimate of drug-likeness (QED) is 0.620. The number of aromatic nitrogens is 1. The van der Waals surface area contributed by atoms with E-state index < -0.39 is 26.3 Å². The Morgan fingerprint density at radius 3 is 2.32 bits per heavy atom. The molecule has 0 spiro atoms. The standard InChI is InChI=1S/C18H13AsNO5/c21-14(22)10-19-17(24)15-16(23)12-8-4-5-9-13(12)18(20-15)25-11-6-2-1-3-7-11/h1-9,23H,10H2,(H,21,22). The van der Waals surface area contributed by atoms with Crippen molar-refractivity contribution in [1.29, 1.82) is 0 Å². The van der Waals surface area contributed by atoms with Crippen molar-refractivity contribution in [1.82, 2.24) is 4.98 Å². The number of ether oxygens (including phenoxy) is 1. The number of hydrogen-bond acceptors (Lipinski definition) is 5. The molecule has 25 heavy (non-hydrogen) atoms. The molecule has 7 heteroatoms. The van der Waals surface area contributed by atoms with Gasteiger partial charge in [-0.2, -0.15) is 0 Å². The van der Waals surface area contributed by atoms with Crippen LogP contribution < -0.4 is 4.74 Å². The van der Waals surface area contributed by atoms with Gasteiger partial charge in [0.15, 0.2) is 0 Å². The second kappa shape index (κ2) is 7.36. The zero-order valence-electron chi connectivity index (χ0n) is 12.9. The number of carbonyl (C=O) groups is 2. The van der Waals surface area contributed by atoms with Crippen LogP contribution in [-0.4, -0.2) is 41.5 Å². The number of carboxylic acids is 1. The van der Waals surface area contributed by atoms with Gasteiger partial charge in [0.25, 0.3) is 0 Å². The van der Waals surface area contributed by atoms with Gasteiger partial charge in [-0.1, -0.05) is 0 Å². The van der Waals surface area contributed by atoms with Crippen LogP contribution in [0.15, 0.2) is 54.6 Å². The molecular weight excluding hydrogens is 385 g/mol. The average molecular weight is 398 g/mol. The van der Waals surface area contributed by atoms with Crippen molar-refractivity contribution < 1.29 is 24.5 Å². The van der Waals surface area contributed by atoms with Gasteiger partial charge in [-0.3, -0.25) is 0 Å². The Hall–Kier alpha value is -2.85. The van der Waals surface area contributed by atoms with Gasteiger partial charge >= 0.3 is 149 Å². The minimum atomic E-state index is -1.16. The maximum atomic E-state index is 12.3. The average Bonchev–Trinajstić information content (AvgIpc) is 2.63. The van der Waals surface area contributed by atoms with Crippen LogP contribution >= 0.6 is 0 Å². The molecule has 0 aliphatic carbocycles. The van der Waals surface area contributed by atoms with Crippen LogP contribution in [0.5, 0.6) is 17.4 Å². The number of benzene rings is 2. The van der Waals surface area contributed by atoms with E-state index in [-0.39, 0.29) is 22.5 Å². The summed E-state index contributed by atoms with van der Waals surface area (Å²) in [6.07, 6.45) is 0. The molecule has 0 saturated heterocycles. The summed E-state index contributed by atoms with van der Waals surface area (Å²) in [5.41, 5.74) is -0.147. The fourth-order valence-corrected chi connectivity index (χ4v) is 3.49. The van der Waals surface area contributed by atoms with E-state index in [1.807, 2.05) is 18.2 Å². The van der Waals surface area contributed by atoms with Crippen molar-refractivity contribution in [3.63, 3.8) is 0 Å². The van der Waals surface area contributed by atoms with Gasteiger partial charge in [0.1, 0.15) is 0 Å². The van der Waals surface area contributed by atoms with E-state index in [1.165, 1.54) is 0 Å². The van der Waals surface area contributed by atoms with E-state index in [2.05, 4.69) is 4.98 Å². The maximum absolute atomic E-state index is 12.3. The summed E-state index contributed by atoms with van der Waals surface area (Å²) in [5.74, 6) is -0.557. The van der Waals surface area contributed by atoms with Crippen LogP contribution in [0.3, 0.4) is 0 Å². The summed E-state index contributed by atoms with van der Waals surface area (Å²) < 4.78 is 5.32. The van der Waals surface area contributed by atoms with Crippen molar-refractivity contribution in [2.75, 3.05) is 0 Å². The van der Waals surface area contributed by atoms with Crippen LogP contribution in [0.4, 0.5) is 0 Å². The number of aromatic hydroxyl groups is 1. The first-order chi connectivity index (χ1) is 12.1. The molecule has 0 unspecified atom stereocenters. The van der Waals surface area contributed by atoms with E-state index in [1.54, 1.807) is 36.4 Å². The van der Waals surface area contributed by atoms with Crippen molar-refractivity contribution in [2.45, 2.75) is 5.21 Å². The van der Waals surface area contributed by atoms with E-state index >= 15 is 0 Å². The number of nitrogens with zero attached hydrogens (tertiary/aromatic N) is 1. The molecule has 0 amide bonds. The molecular formula is C18H13AsNO5. The van der Waals surface area contributed by atoms with Crippen LogP contribution in [0.2, 0.25) is 5.21 Å². The van der Waals surface area contributed by atoms with Gasteiger partial charge in [0.2, 0.25) is 0 Å².